The summed E-state index contributed by atoms with van der Waals surface area (Å²) in [6.07, 6.45) is 1.46. The van der Waals surface area contributed by atoms with Gasteiger partial charge in [-0.3, -0.25) is 4.79 Å². The Morgan fingerprint density at radius 1 is 1.45 bits per heavy atom. The van der Waals surface area contributed by atoms with Gasteiger partial charge in [0.15, 0.2) is 0 Å². The number of nitrogens with one attached hydrogen (secondary N) is 1. The second kappa shape index (κ2) is 6.81. The minimum atomic E-state index is -0.952. The molecule has 5 heteroatoms. The van der Waals surface area contributed by atoms with Gasteiger partial charge in [-0.15, -0.1) is 0 Å². The van der Waals surface area contributed by atoms with E-state index < -0.39 is 6.10 Å². The molecule has 1 aromatic heterocycles. The number of hydrogen-bond acceptors (Lipinski definition) is 4. The largest absolute Gasteiger partial charge is 0.459 e. The molecule has 1 heterocycles. The van der Waals surface area contributed by atoms with Crippen LogP contribution in [0.4, 0.5) is 0 Å². The van der Waals surface area contributed by atoms with Gasteiger partial charge in [-0.2, -0.15) is 11.8 Å². The topological polar surface area (TPSA) is 62.5 Å². The number of benzene rings is 1. The van der Waals surface area contributed by atoms with Gasteiger partial charge in [0.25, 0.3) is 0 Å². The molecule has 0 saturated heterocycles. The molecule has 2 N–H and O–H groups in total. The molecule has 4 nitrogen and oxygen atoms in total. The molecule has 0 radical (unpaired) electrons. The van der Waals surface area contributed by atoms with Gasteiger partial charge in [0.05, 0.1) is 6.54 Å². The lowest BCUT2D eigenvalue weighted by Crippen LogP contribution is -2.34. The molecule has 2 rings (SSSR count). The first-order chi connectivity index (χ1) is 9.63. The molecule has 0 aliphatic carbocycles. The molecular weight excluding hydrogens is 274 g/mol. The maximum atomic E-state index is 11.7. The second-order valence-electron chi connectivity index (χ2n) is 4.66. The van der Waals surface area contributed by atoms with E-state index in [0.29, 0.717) is 13.0 Å². The van der Waals surface area contributed by atoms with Gasteiger partial charge in [0, 0.05) is 10.9 Å². The third-order valence-corrected chi connectivity index (χ3v) is 3.91. The number of hydrogen-bond donors (Lipinski definition) is 2. The Labute approximate surface area is 122 Å². The first kappa shape index (κ1) is 14.9. The third kappa shape index (κ3) is 3.35. The van der Waals surface area contributed by atoms with Crippen LogP contribution in [-0.4, -0.2) is 29.1 Å². The summed E-state index contributed by atoms with van der Waals surface area (Å²) in [6.45, 7) is 2.27. The zero-order chi connectivity index (χ0) is 14.5. The van der Waals surface area contributed by atoms with Crippen molar-refractivity contribution >= 4 is 28.6 Å². The first-order valence-corrected chi connectivity index (χ1v) is 7.94. The van der Waals surface area contributed by atoms with Crippen molar-refractivity contribution in [3.05, 3.63) is 35.6 Å². The van der Waals surface area contributed by atoms with Crippen molar-refractivity contribution in [3.63, 3.8) is 0 Å². The number of aliphatic hydroxyl groups excluding tert-OH is 1. The number of rotatable bonds is 6. The summed E-state index contributed by atoms with van der Waals surface area (Å²) < 4.78 is 5.71. The van der Waals surface area contributed by atoms with Crippen LogP contribution in [0.2, 0.25) is 0 Å². The maximum absolute atomic E-state index is 11.7. The summed E-state index contributed by atoms with van der Waals surface area (Å²) >= 11 is 1.61. The van der Waals surface area contributed by atoms with Crippen molar-refractivity contribution < 1.29 is 14.3 Å². The Kier molecular flexibility index (Phi) is 5.09. The van der Waals surface area contributed by atoms with Crippen LogP contribution in [0, 0.1) is 6.92 Å². The number of carbonyl (C=O) groups excluding carboxylic acids is 1. The van der Waals surface area contributed by atoms with Crippen molar-refractivity contribution in [2.24, 2.45) is 0 Å². The molecule has 0 spiro atoms. The van der Waals surface area contributed by atoms with Gasteiger partial charge in [-0.1, -0.05) is 18.2 Å². The molecule has 1 aromatic carbocycles. The average molecular weight is 293 g/mol. The first-order valence-electron chi connectivity index (χ1n) is 6.55. The highest BCUT2D eigenvalue weighted by molar-refractivity contribution is 7.98. The minimum Gasteiger partial charge on any atom is -0.459 e. The maximum Gasteiger partial charge on any atom is 0.249 e. The number of para-hydroxylation sites is 1. The van der Waals surface area contributed by atoms with E-state index in [-0.39, 0.29) is 5.91 Å². The molecule has 2 aromatic rings. The lowest BCUT2D eigenvalue weighted by molar-refractivity contribution is -0.129. The van der Waals surface area contributed by atoms with Crippen LogP contribution in [0.25, 0.3) is 11.0 Å². The van der Waals surface area contributed by atoms with Crippen LogP contribution in [-0.2, 0) is 11.3 Å². The van der Waals surface area contributed by atoms with Crippen molar-refractivity contribution in [2.75, 3.05) is 12.0 Å². The third-order valence-electron chi connectivity index (χ3n) is 3.26. The van der Waals surface area contributed by atoms with Crippen LogP contribution >= 0.6 is 11.8 Å². The SMILES string of the molecule is CSCC[C@@H](O)C(=O)NCc1oc2ccccc2c1C. The molecule has 0 aliphatic heterocycles. The molecule has 108 valence electrons. The van der Waals surface area contributed by atoms with Gasteiger partial charge in [-0.05, 0) is 31.4 Å². The summed E-state index contributed by atoms with van der Waals surface area (Å²) in [6, 6.07) is 7.77. The summed E-state index contributed by atoms with van der Waals surface area (Å²) in [7, 11) is 0. The average Bonchev–Trinajstić information content (AvgIpc) is 2.79. The Morgan fingerprint density at radius 3 is 2.90 bits per heavy atom. The number of aryl methyl sites for hydroxylation is 1. The lowest BCUT2D eigenvalue weighted by Gasteiger charge is -2.09. The van der Waals surface area contributed by atoms with E-state index in [1.165, 1.54) is 0 Å². The van der Waals surface area contributed by atoms with Crippen LogP contribution in [0.5, 0.6) is 0 Å². The van der Waals surface area contributed by atoms with E-state index in [4.69, 9.17) is 4.42 Å². The monoisotopic (exact) mass is 293 g/mol. The van der Waals surface area contributed by atoms with E-state index in [2.05, 4.69) is 5.32 Å². The van der Waals surface area contributed by atoms with E-state index >= 15 is 0 Å². The second-order valence-corrected chi connectivity index (χ2v) is 5.65. The predicted octanol–water partition coefficient (Wildman–Crippen LogP) is 2.47. The van der Waals surface area contributed by atoms with Gasteiger partial charge in [0.1, 0.15) is 17.4 Å². The number of furan rings is 1. The highest BCUT2D eigenvalue weighted by Crippen LogP contribution is 2.24. The number of thioether (sulfide) groups is 1. The summed E-state index contributed by atoms with van der Waals surface area (Å²) in [5.41, 5.74) is 1.84. The zero-order valence-electron chi connectivity index (χ0n) is 11.7. The van der Waals surface area contributed by atoms with Crippen molar-refractivity contribution in [2.45, 2.75) is 26.0 Å². The number of fused-ring (bicyclic) bond motifs is 1. The Bertz CT molecular complexity index is 594. The number of carbonyl (C=O) groups is 1. The molecule has 0 fully saturated rings. The fourth-order valence-electron chi connectivity index (χ4n) is 2.04. The zero-order valence-corrected chi connectivity index (χ0v) is 12.5. The highest BCUT2D eigenvalue weighted by Gasteiger charge is 2.16. The standard InChI is InChI=1S/C15H19NO3S/c1-10-11-5-3-4-6-13(11)19-14(10)9-16-15(18)12(17)7-8-20-2/h3-6,12,17H,7-9H2,1-2H3,(H,16,18)/t12-/m1/s1. The molecule has 0 saturated carbocycles. The van der Waals surface area contributed by atoms with Crippen molar-refractivity contribution in [1.82, 2.24) is 5.32 Å². The minimum absolute atomic E-state index is 0.301. The van der Waals surface area contributed by atoms with E-state index in [1.54, 1.807) is 11.8 Å². The quantitative estimate of drug-likeness (QED) is 0.859. The Balaban J connectivity index is 1.99. The summed E-state index contributed by atoms with van der Waals surface area (Å²) in [5, 5.41) is 13.5. The smallest absolute Gasteiger partial charge is 0.249 e. The number of aliphatic hydroxyl groups is 1. The van der Waals surface area contributed by atoms with Crippen LogP contribution in [0.3, 0.4) is 0 Å². The van der Waals surface area contributed by atoms with Gasteiger partial charge in [-0.25, -0.2) is 0 Å². The molecule has 0 bridgehead atoms. The normalized spacial score (nSPS) is 12.6. The fraction of sp³-hybridized carbons (Fsp3) is 0.400. The van der Waals surface area contributed by atoms with E-state index in [0.717, 1.165) is 28.0 Å². The molecule has 1 atom stereocenters. The van der Waals surface area contributed by atoms with Gasteiger partial charge in [0.2, 0.25) is 5.91 Å². The van der Waals surface area contributed by atoms with Crippen LogP contribution in [0.1, 0.15) is 17.7 Å². The molecular formula is C15H19NO3S. The van der Waals surface area contributed by atoms with Crippen LogP contribution < -0.4 is 5.32 Å². The van der Waals surface area contributed by atoms with Crippen molar-refractivity contribution in [1.29, 1.82) is 0 Å². The predicted molar refractivity (Wildman–Crippen MR) is 81.8 cm³/mol. The highest BCUT2D eigenvalue weighted by atomic mass is 32.2. The molecule has 1 amide bonds. The Morgan fingerprint density at radius 2 is 2.20 bits per heavy atom. The fourth-order valence-corrected chi connectivity index (χ4v) is 2.50. The number of amides is 1. The molecule has 20 heavy (non-hydrogen) atoms. The lowest BCUT2D eigenvalue weighted by atomic mass is 10.1. The van der Waals surface area contributed by atoms with Gasteiger partial charge >= 0.3 is 0 Å². The Hall–Kier alpha value is -1.46. The summed E-state index contributed by atoms with van der Waals surface area (Å²) in [4.78, 5) is 11.7. The molecule has 0 unspecified atom stereocenters. The summed E-state index contributed by atoms with van der Waals surface area (Å²) in [5.74, 6) is 1.15. The van der Waals surface area contributed by atoms with Gasteiger partial charge < -0.3 is 14.8 Å². The van der Waals surface area contributed by atoms with Crippen LogP contribution in [0.15, 0.2) is 28.7 Å². The van der Waals surface area contributed by atoms with E-state index in [1.807, 2.05) is 37.4 Å². The van der Waals surface area contributed by atoms with E-state index in [9.17, 15) is 9.90 Å². The molecule has 0 aliphatic rings. The van der Waals surface area contributed by atoms with Crippen molar-refractivity contribution in [3.8, 4) is 0 Å².